The molecule has 0 aliphatic rings. The van der Waals surface area contributed by atoms with Gasteiger partial charge < -0.3 is 5.32 Å². The third-order valence-electron chi connectivity index (χ3n) is 1.48. The lowest BCUT2D eigenvalue weighted by Crippen LogP contribution is -1.88. The van der Waals surface area contributed by atoms with Crippen LogP contribution in [-0.4, -0.2) is 4.98 Å². The van der Waals surface area contributed by atoms with E-state index in [0.717, 1.165) is 11.5 Å². The SMILES string of the molecule is c1ccc(Nc2cscn2)cc1. The van der Waals surface area contributed by atoms with Gasteiger partial charge >= 0.3 is 0 Å². The minimum absolute atomic E-state index is 0.909. The lowest BCUT2D eigenvalue weighted by atomic mass is 10.3. The van der Waals surface area contributed by atoms with Crippen LogP contribution in [0.5, 0.6) is 0 Å². The van der Waals surface area contributed by atoms with Crippen LogP contribution in [0.25, 0.3) is 0 Å². The maximum absolute atomic E-state index is 4.12. The van der Waals surface area contributed by atoms with Crippen LogP contribution in [-0.2, 0) is 0 Å². The second kappa shape index (κ2) is 3.36. The molecule has 0 aliphatic carbocycles. The molecule has 0 radical (unpaired) electrons. The molecule has 1 heterocycles. The highest BCUT2D eigenvalue weighted by molar-refractivity contribution is 7.07. The van der Waals surface area contributed by atoms with Crippen LogP contribution in [0.4, 0.5) is 11.5 Å². The lowest BCUT2D eigenvalue weighted by Gasteiger charge is -2.00. The molecule has 0 saturated carbocycles. The molecule has 0 bridgehead atoms. The summed E-state index contributed by atoms with van der Waals surface area (Å²) in [6.45, 7) is 0. The van der Waals surface area contributed by atoms with E-state index < -0.39 is 0 Å². The minimum atomic E-state index is 0.909. The van der Waals surface area contributed by atoms with Gasteiger partial charge in [-0.3, -0.25) is 0 Å². The first-order chi connectivity index (χ1) is 5.95. The van der Waals surface area contributed by atoms with E-state index in [2.05, 4.69) is 10.3 Å². The summed E-state index contributed by atoms with van der Waals surface area (Å²) < 4.78 is 0. The van der Waals surface area contributed by atoms with E-state index in [9.17, 15) is 0 Å². The lowest BCUT2D eigenvalue weighted by molar-refractivity contribution is 1.38. The fraction of sp³-hybridized carbons (Fsp3) is 0. The number of nitrogens with zero attached hydrogens (tertiary/aromatic N) is 1. The number of nitrogens with one attached hydrogen (secondary N) is 1. The van der Waals surface area contributed by atoms with Gasteiger partial charge in [0.15, 0.2) is 0 Å². The summed E-state index contributed by atoms with van der Waals surface area (Å²) in [5, 5.41) is 5.16. The third-order valence-corrected chi connectivity index (χ3v) is 2.06. The number of anilines is 2. The standard InChI is InChI=1S/C9H8N2S/c1-2-4-8(5-3-1)11-9-6-12-7-10-9/h1-7,11H. The van der Waals surface area contributed by atoms with Gasteiger partial charge in [-0.15, -0.1) is 11.3 Å². The van der Waals surface area contributed by atoms with Gasteiger partial charge in [-0.25, -0.2) is 4.98 Å². The molecule has 0 atom stereocenters. The number of para-hydroxylation sites is 1. The van der Waals surface area contributed by atoms with Crippen LogP contribution < -0.4 is 5.32 Å². The van der Waals surface area contributed by atoms with E-state index in [1.165, 1.54) is 0 Å². The maximum atomic E-state index is 4.12. The number of aromatic nitrogens is 1. The van der Waals surface area contributed by atoms with Gasteiger partial charge in [0.2, 0.25) is 0 Å². The Kier molecular flexibility index (Phi) is 2.05. The van der Waals surface area contributed by atoms with Crippen LogP contribution in [0.2, 0.25) is 0 Å². The van der Waals surface area contributed by atoms with Gasteiger partial charge in [0.05, 0.1) is 5.51 Å². The highest BCUT2D eigenvalue weighted by atomic mass is 32.1. The number of hydrogen-bond donors (Lipinski definition) is 1. The zero-order valence-electron chi connectivity index (χ0n) is 6.40. The fourth-order valence-electron chi connectivity index (χ4n) is 0.944. The smallest absolute Gasteiger partial charge is 0.141 e. The first-order valence-electron chi connectivity index (χ1n) is 3.65. The Morgan fingerprint density at radius 3 is 2.67 bits per heavy atom. The van der Waals surface area contributed by atoms with Gasteiger partial charge in [0.1, 0.15) is 5.82 Å². The molecule has 60 valence electrons. The van der Waals surface area contributed by atoms with E-state index >= 15 is 0 Å². The maximum Gasteiger partial charge on any atom is 0.141 e. The molecule has 0 saturated heterocycles. The van der Waals surface area contributed by atoms with Crippen molar-refractivity contribution in [1.29, 1.82) is 0 Å². The zero-order valence-corrected chi connectivity index (χ0v) is 7.21. The van der Waals surface area contributed by atoms with Crippen molar-refractivity contribution in [1.82, 2.24) is 4.98 Å². The van der Waals surface area contributed by atoms with Crippen molar-refractivity contribution in [2.24, 2.45) is 0 Å². The quantitative estimate of drug-likeness (QED) is 0.761. The third kappa shape index (κ3) is 1.62. The molecule has 2 aromatic rings. The first-order valence-corrected chi connectivity index (χ1v) is 4.60. The normalized spacial score (nSPS) is 9.67. The minimum Gasteiger partial charge on any atom is -0.340 e. The second-order valence-corrected chi connectivity index (χ2v) is 3.08. The summed E-state index contributed by atoms with van der Waals surface area (Å²) in [6.07, 6.45) is 0. The molecular weight excluding hydrogens is 168 g/mol. The van der Waals surface area contributed by atoms with Crippen molar-refractivity contribution >= 4 is 22.8 Å². The summed E-state index contributed by atoms with van der Waals surface area (Å²) >= 11 is 1.59. The van der Waals surface area contributed by atoms with Gasteiger partial charge in [0, 0.05) is 11.1 Å². The highest BCUT2D eigenvalue weighted by Gasteiger charge is 1.92. The van der Waals surface area contributed by atoms with Gasteiger partial charge in [-0.2, -0.15) is 0 Å². The fourth-order valence-corrected chi connectivity index (χ4v) is 1.43. The van der Waals surface area contributed by atoms with Crippen molar-refractivity contribution < 1.29 is 0 Å². The van der Waals surface area contributed by atoms with Crippen molar-refractivity contribution in [3.8, 4) is 0 Å². The Bertz CT molecular complexity index is 329. The van der Waals surface area contributed by atoms with E-state index in [4.69, 9.17) is 0 Å². The van der Waals surface area contributed by atoms with E-state index in [1.54, 1.807) is 11.3 Å². The molecule has 1 N–H and O–H groups in total. The number of hydrogen-bond acceptors (Lipinski definition) is 3. The van der Waals surface area contributed by atoms with Crippen molar-refractivity contribution in [2.75, 3.05) is 5.32 Å². The molecule has 1 aromatic heterocycles. The summed E-state index contributed by atoms with van der Waals surface area (Å²) in [5.41, 5.74) is 2.88. The summed E-state index contributed by atoms with van der Waals surface area (Å²) in [4.78, 5) is 4.12. The van der Waals surface area contributed by atoms with Crippen molar-refractivity contribution in [2.45, 2.75) is 0 Å². The highest BCUT2D eigenvalue weighted by Crippen LogP contribution is 2.14. The number of benzene rings is 1. The number of rotatable bonds is 2. The molecule has 0 amide bonds. The van der Waals surface area contributed by atoms with Crippen LogP contribution in [0.1, 0.15) is 0 Å². The van der Waals surface area contributed by atoms with Crippen LogP contribution >= 0.6 is 11.3 Å². The Morgan fingerprint density at radius 1 is 1.17 bits per heavy atom. The van der Waals surface area contributed by atoms with Crippen LogP contribution in [0, 0.1) is 0 Å². The molecule has 2 nitrogen and oxygen atoms in total. The van der Waals surface area contributed by atoms with Gasteiger partial charge in [-0.05, 0) is 12.1 Å². The molecule has 0 fully saturated rings. The van der Waals surface area contributed by atoms with Gasteiger partial charge in [0.25, 0.3) is 0 Å². The average Bonchev–Trinajstić information content (AvgIpc) is 2.59. The topological polar surface area (TPSA) is 24.9 Å². The molecule has 0 spiro atoms. The first kappa shape index (κ1) is 7.31. The Morgan fingerprint density at radius 2 is 2.00 bits per heavy atom. The van der Waals surface area contributed by atoms with E-state index in [0.29, 0.717) is 0 Å². The van der Waals surface area contributed by atoms with E-state index in [1.807, 2.05) is 41.2 Å². The van der Waals surface area contributed by atoms with E-state index in [-0.39, 0.29) is 0 Å². The Balaban J connectivity index is 2.15. The molecule has 1 aromatic carbocycles. The molecule has 0 aliphatic heterocycles. The van der Waals surface area contributed by atoms with Crippen LogP contribution in [0.3, 0.4) is 0 Å². The Hall–Kier alpha value is -1.35. The molecule has 2 rings (SSSR count). The molecule has 12 heavy (non-hydrogen) atoms. The summed E-state index contributed by atoms with van der Waals surface area (Å²) in [5.74, 6) is 0.909. The molecular formula is C9H8N2S. The average molecular weight is 176 g/mol. The second-order valence-electron chi connectivity index (χ2n) is 2.36. The predicted molar refractivity (Wildman–Crippen MR) is 51.8 cm³/mol. The monoisotopic (exact) mass is 176 g/mol. The summed E-state index contributed by atoms with van der Waals surface area (Å²) in [7, 11) is 0. The largest absolute Gasteiger partial charge is 0.340 e. The van der Waals surface area contributed by atoms with Crippen molar-refractivity contribution in [3.05, 3.63) is 41.2 Å². The Labute approximate surface area is 74.9 Å². The predicted octanol–water partition coefficient (Wildman–Crippen LogP) is 2.89. The molecule has 0 unspecified atom stereocenters. The van der Waals surface area contributed by atoms with Gasteiger partial charge in [-0.1, -0.05) is 18.2 Å². The molecule has 3 heteroatoms. The number of thiazole rings is 1. The van der Waals surface area contributed by atoms with Crippen molar-refractivity contribution in [3.63, 3.8) is 0 Å². The zero-order chi connectivity index (χ0) is 8.23. The van der Waals surface area contributed by atoms with Crippen LogP contribution in [0.15, 0.2) is 41.2 Å². The summed E-state index contributed by atoms with van der Waals surface area (Å²) in [6, 6.07) is 10.0.